The maximum Gasteiger partial charge on any atom is 0.303 e. The Morgan fingerprint density at radius 2 is 1.66 bits per heavy atom. The zero-order chi connectivity index (χ0) is 20.7. The van der Waals surface area contributed by atoms with E-state index in [1.54, 1.807) is 0 Å². The summed E-state index contributed by atoms with van der Waals surface area (Å²) in [6.45, 7) is 2.20. The van der Waals surface area contributed by atoms with Gasteiger partial charge in [-0.25, -0.2) is 0 Å². The van der Waals surface area contributed by atoms with E-state index < -0.39 is 5.97 Å². The summed E-state index contributed by atoms with van der Waals surface area (Å²) in [5.74, 6) is 2.66. The summed E-state index contributed by atoms with van der Waals surface area (Å²) in [4.78, 5) is 10.6. The molecule has 0 aliphatic heterocycles. The molecule has 0 saturated heterocycles. The number of carbonyl (C=O) groups is 1. The van der Waals surface area contributed by atoms with Crippen LogP contribution in [0.3, 0.4) is 0 Å². The lowest BCUT2D eigenvalue weighted by Crippen LogP contribution is -2.06. The van der Waals surface area contributed by atoms with Gasteiger partial charge in [0.1, 0.15) is 0 Å². The number of rotatable bonds is 14. The smallest absolute Gasteiger partial charge is 0.303 e. The molecule has 2 rings (SSSR count). The van der Waals surface area contributed by atoms with E-state index in [9.17, 15) is 4.79 Å². The monoisotopic (exact) mass is 428 g/mol. The number of carboxylic acid groups (broad SMARTS) is 1. The average Bonchev–Trinajstić information content (AvgIpc) is 2.74. The highest BCUT2D eigenvalue weighted by molar-refractivity contribution is 8.00. The first-order valence-corrected chi connectivity index (χ1v) is 12.6. The Kier molecular flexibility index (Phi) is 11.7. The molecule has 156 valence electrons. The molecule has 0 radical (unpaired) electrons. The highest BCUT2D eigenvalue weighted by Gasteiger charge is 2.09. The lowest BCUT2D eigenvalue weighted by atomic mass is 10.1. The third kappa shape index (κ3) is 10.6. The van der Waals surface area contributed by atoms with Gasteiger partial charge in [0.25, 0.3) is 0 Å². The van der Waals surface area contributed by atoms with Gasteiger partial charge in [0.05, 0.1) is 0 Å². The van der Waals surface area contributed by atoms with Crippen molar-refractivity contribution in [2.45, 2.75) is 50.0 Å². The molecule has 0 amide bonds. The third-order valence-electron chi connectivity index (χ3n) is 4.67. The summed E-state index contributed by atoms with van der Waals surface area (Å²) < 4.78 is 0. The van der Waals surface area contributed by atoms with Crippen molar-refractivity contribution in [3.8, 4) is 0 Å². The quantitative estimate of drug-likeness (QED) is 0.254. The molecular weight excluding hydrogens is 396 g/mol. The second kappa shape index (κ2) is 14.4. The maximum absolute atomic E-state index is 10.6. The average molecular weight is 429 g/mol. The van der Waals surface area contributed by atoms with Gasteiger partial charge in [0.15, 0.2) is 0 Å². The van der Waals surface area contributed by atoms with Gasteiger partial charge in [-0.3, -0.25) is 4.79 Å². The number of benzene rings is 2. The van der Waals surface area contributed by atoms with Crippen molar-refractivity contribution in [2.24, 2.45) is 0 Å². The first-order valence-electron chi connectivity index (χ1n) is 10.4. The summed E-state index contributed by atoms with van der Waals surface area (Å²) in [7, 11) is 0. The third-order valence-corrected chi connectivity index (χ3v) is 7.01. The standard InChI is InChI=1S/C25H32O2S2/c1-2-29-24(10-6-7-11-25(26)27)18-19-28-20-23-16-14-22(15-17-23)13-12-21-8-4-3-5-9-21/h3-5,8-9,12-17,24H,2,6-7,10-11,18-20H2,1H3,(H,26,27)/b13-12+. The molecular formula is C25H32O2S2. The Labute approximate surface area is 184 Å². The van der Waals surface area contributed by atoms with Crippen LogP contribution in [0.25, 0.3) is 12.2 Å². The first kappa shape index (κ1) is 23.6. The van der Waals surface area contributed by atoms with Gasteiger partial charge in [-0.05, 0) is 47.5 Å². The first-order chi connectivity index (χ1) is 14.2. The van der Waals surface area contributed by atoms with Crippen molar-refractivity contribution in [3.63, 3.8) is 0 Å². The molecule has 0 heterocycles. The van der Waals surface area contributed by atoms with Gasteiger partial charge in [-0.15, -0.1) is 0 Å². The fourth-order valence-electron chi connectivity index (χ4n) is 3.08. The van der Waals surface area contributed by atoms with Gasteiger partial charge in [-0.2, -0.15) is 23.5 Å². The summed E-state index contributed by atoms with van der Waals surface area (Å²) >= 11 is 4.01. The van der Waals surface area contributed by atoms with E-state index in [4.69, 9.17) is 5.11 Å². The highest BCUT2D eigenvalue weighted by atomic mass is 32.2. The molecule has 1 N–H and O–H groups in total. The Hall–Kier alpha value is -1.65. The molecule has 0 bridgehead atoms. The fourth-order valence-corrected chi connectivity index (χ4v) is 5.34. The van der Waals surface area contributed by atoms with E-state index in [1.807, 2.05) is 29.6 Å². The maximum atomic E-state index is 10.6. The topological polar surface area (TPSA) is 37.3 Å². The second-order valence-electron chi connectivity index (χ2n) is 7.04. The molecule has 29 heavy (non-hydrogen) atoms. The number of carboxylic acids is 1. The van der Waals surface area contributed by atoms with Crippen LogP contribution in [-0.2, 0) is 10.5 Å². The Balaban J connectivity index is 1.68. The lowest BCUT2D eigenvalue weighted by Gasteiger charge is -2.15. The van der Waals surface area contributed by atoms with E-state index in [2.05, 4.69) is 67.6 Å². The Morgan fingerprint density at radius 3 is 2.31 bits per heavy atom. The number of thioether (sulfide) groups is 2. The van der Waals surface area contributed by atoms with Crippen LogP contribution < -0.4 is 0 Å². The fraction of sp³-hybridized carbons (Fsp3) is 0.400. The predicted octanol–water partition coefficient (Wildman–Crippen LogP) is 7.25. The van der Waals surface area contributed by atoms with Crippen LogP contribution in [0.15, 0.2) is 54.6 Å². The number of aliphatic carboxylic acids is 1. The highest BCUT2D eigenvalue weighted by Crippen LogP contribution is 2.24. The van der Waals surface area contributed by atoms with Crippen LogP contribution in [-0.4, -0.2) is 27.8 Å². The van der Waals surface area contributed by atoms with E-state index in [0.717, 1.165) is 36.5 Å². The van der Waals surface area contributed by atoms with Gasteiger partial charge in [0, 0.05) is 17.4 Å². The molecule has 4 heteroatoms. The van der Waals surface area contributed by atoms with Crippen LogP contribution in [0.1, 0.15) is 55.7 Å². The zero-order valence-corrected chi connectivity index (χ0v) is 18.9. The van der Waals surface area contributed by atoms with Crippen LogP contribution >= 0.6 is 23.5 Å². The van der Waals surface area contributed by atoms with Crippen molar-refractivity contribution in [1.82, 2.24) is 0 Å². The number of hydrogen-bond donors (Lipinski definition) is 1. The summed E-state index contributed by atoms with van der Waals surface area (Å²) in [5.41, 5.74) is 3.81. The van der Waals surface area contributed by atoms with Gasteiger partial charge < -0.3 is 5.11 Å². The summed E-state index contributed by atoms with van der Waals surface area (Å²) in [5, 5.41) is 9.41. The zero-order valence-electron chi connectivity index (χ0n) is 17.3. The van der Waals surface area contributed by atoms with Crippen LogP contribution in [0.4, 0.5) is 0 Å². The van der Waals surface area contributed by atoms with Gasteiger partial charge >= 0.3 is 5.97 Å². The van der Waals surface area contributed by atoms with E-state index in [1.165, 1.54) is 23.1 Å². The summed E-state index contributed by atoms with van der Waals surface area (Å²) in [6, 6.07) is 19.2. The van der Waals surface area contributed by atoms with E-state index in [-0.39, 0.29) is 0 Å². The van der Waals surface area contributed by atoms with Crippen LogP contribution in [0.2, 0.25) is 0 Å². The van der Waals surface area contributed by atoms with Crippen molar-refractivity contribution in [1.29, 1.82) is 0 Å². The molecule has 0 aliphatic rings. The largest absolute Gasteiger partial charge is 0.481 e. The minimum atomic E-state index is -0.679. The number of hydrogen-bond acceptors (Lipinski definition) is 3. The van der Waals surface area contributed by atoms with E-state index in [0.29, 0.717) is 11.7 Å². The minimum absolute atomic E-state index is 0.300. The van der Waals surface area contributed by atoms with Crippen molar-refractivity contribution in [2.75, 3.05) is 11.5 Å². The summed E-state index contributed by atoms with van der Waals surface area (Å²) in [6.07, 6.45) is 8.76. The Morgan fingerprint density at radius 1 is 0.966 bits per heavy atom. The molecule has 1 atom stereocenters. The predicted molar refractivity (Wildman–Crippen MR) is 131 cm³/mol. The SMILES string of the molecule is CCSC(CCCCC(=O)O)CCSCc1ccc(/C=C/c2ccccc2)cc1. The van der Waals surface area contributed by atoms with Gasteiger partial charge in [-0.1, -0.05) is 80.1 Å². The van der Waals surface area contributed by atoms with Gasteiger partial charge in [0.2, 0.25) is 0 Å². The molecule has 0 fully saturated rings. The van der Waals surface area contributed by atoms with Crippen molar-refractivity contribution < 1.29 is 9.90 Å². The molecule has 2 nitrogen and oxygen atoms in total. The molecule has 0 spiro atoms. The second-order valence-corrected chi connectivity index (χ2v) is 9.73. The Bertz CT molecular complexity index is 726. The lowest BCUT2D eigenvalue weighted by molar-refractivity contribution is -0.137. The van der Waals surface area contributed by atoms with Crippen LogP contribution in [0.5, 0.6) is 0 Å². The van der Waals surface area contributed by atoms with Crippen LogP contribution in [0, 0.1) is 0 Å². The van der Waals surface area contributed by atoms with Crippen molar-refractivity contribution in [3.05, 3.63) is 71.3 Å². The molecule has 1 unspecified atom stereocenters. The van der Waals surface area contributed by atoms with Crippen molar-refractivity contribution >= 4 is 41.6 Å². The molecule has 2 aromatic carbocycles. The number of unbranched alkanes of at least 4 members (excludes halogenated alkanes) is 1. The molecule has 0 saturated carbocycles. The normalized spacial score (nSPS) is 12.3. The molecule has 0 aliphatic carbocycles. The molecule has 2 aromatic rings. The van der Waals surface area contributed by atoms with E-state index >= 15 is 0 Å². The minimum Gasteiger partial charge on any atom is -0.481 e. The molecule has 0 aromatic heterocycles.